The monoisotopic (exact) mass is 299 g/mol. The number of aromatic amines is 1. The molecule has 2 aromatic heterocycles. The lowest BCUT2D eigenvalue weighted by Gasteiger charge is -2.35. The summed E-state index contributed by atoms with van der Waals surface area (Å²) in [5.74, 6) is 0.701. The zero-order valence-electron chi connectivity index (χ0n) is 13.7. The zero-order chi connectivity index (χ0) is 15.5. The van der Waals surface area contributed by atoms with Gasteiger partial charge in [-0.05, 0) is 52.5 Å². The topological polar surface area (TPSA) is 57.7 Å². The maximum Gasteiger partial charge on any atom is 0.0919 e. The van der Waals surface area contributed by atoms with Crippen molar-refractivity contribution >= 4 is 0 Å². The number of hydrogen-bond donors (Lipinski definition) is 1. The quantitative estimate of drug-likeness (QED) is 0.943. The van der Waals surface area contributed by atoms with E-state index in [1.165, 1.54) is 25.9 Å². The summed E-state index contributed by atoms with van der Waals surface area (Å²) >= 11 is 0. The fourth-order valence-electron chi connectivity index (χ4n) is 3.24. The van der Waals surface area contributed by atoms with Crippen LogP contribution in [0.4, 0.5) is 0 Å². The maximum absolute atomic E-state index is 4.62. The lowest BCUT2D eigenvalue weighted by molar-refractivity contribution is 0.139. The maximum atomic E-state index is 4.62. The molecule has 1 aliphatic heterocycles. The minimum absolute atomic E-state index is 0.639. The molecule has 0 aromatic carbocycles. The predicted octanol–water partition coefficient (Wildman–Crippen LogP) is 2.84. The second-order valence-electron chi connectivity index (χ2n) is 6.60. The molecule has 3 heterocycles. The number of rotatable bonds is 4. The Labute approximate surface area is 132 Å². The molecule has 1 N–H and O–H groups in total. The van der Waals surface area contributed by atoms with E-state index < -0.39 is 0 Å². The van der Waals surface area contributed by atoms with Gasteiger partial charge in [0.05, 0.1) is 23.8 Å². The first kappa shape index (κ1) is 15.2. The molecule has 0 bridgehead atoms. The van der Waals surface area contributed by atoms with Gasteiger partial charge in [-0.3, -0.25) is 15.1 Å². The van der Waals surface area contributed by atoms with Crippen molar-refractivity contribution in [1.29, 1.82) is 0 Å². The predicted molar refractivity (Wildman–Crippen MR) is 87.5 cm³/mol. The van der Waals surface area contributed by atoms with E-state index in [-0.39, 0.29) is 0 Å². The standard InChI is InChI=1S/C17H25N5/c1-12(2)22-6-4-5-14(11-22)7-15-8-19-17(10-18-15)16-9-20-21-13(16)3/h8-10,12,14H,4-7,11H2,1-3H3,(H,20,21). The van der Waals surface area contributed by atoms with E-state index in [1.54, 1.807) is 6.20 Å². The average molecular weight is 299 g/mol. The van der Waals surface area contributed by atoms with Crippen LogP contribution in [0.15, 0.2) is 18.6 Å². The Bertz CT molecular complexity index is 602. The molecule has 2 aromatic rings. The fraction of sp³-hybridized carbons (Fsp3) is 0.588. The Morgan fingerprint density at radius 1 is 1.27 bits per heavy atom. The van der Waals surface area contributed by atoms with Gasteiger partial charge in [-0.2, -0.15) is 5.10 Å². The molecule has 5 heteroatoms. The van der Waals surface area contributed by atoms with Crippen molar-refractivity contribution in [3.8, 4) is 11.3 Å². The van der Waals surface area contributed by atoms with E-state index in [9.17, 15) is 0 Å². The van der Waals surface area contributed by atoms with Crippen LogP contribution >= 0.6 is 0 Å². The highest BCUT2D eigenvalue weighted by atomic mass is 15.2. The van der Waals surface area contributed by atoms with Crippen LogP contribution in [-0.2, 0) is 6.42 Å². The van der Waals surface area contributed by atoms with Crippen LogP contribution in [0.5, 0.6) is 0 Å². The fourth-order valence-corrected chi connectivity index (χ4v) is 3.24. The molecule has 3 rings (SSSR count). The zero-order valence-corrected chi connectivity index (χ0v) is 13.7. The lowest BCUT2D eigenvalue weighted by atomic mass is 9.93. The van der Waals surface area contributed by atoms with Gasteiger partial charge in [-0.15, -0.1) is 0 Å². The van der Waals surface area contributed by atoms with Crippen molar-refractivity contribution in [1.82, 2.24) is 25.1 Å². The summed E-state index contributed by atoms with van der Waals surface area (Å²) in [5, 5.41) is 6.98. The highest BCUT2D eigenvalue weighted by Gasteiger charge is 2.22. The number of hydrogen-bond acceptors (Lipinski definition) is 4. The van der Waals surface area contributed by atoms with Gasteiger partial charge in [-0.1, -0.05) is 0 Å². The number of piperidine rings is 1. The Balaban J connectivity index is 1.65. The third kappa shape index (κ3) is 3.35. The molecule has 1 unspecified atom stereocenters. The largest absolute Gasteiger partial charge is 0.301 e. The molecule has 0 saturated carbocycles. The van der Waals surface area contributed by atoms with E-state index in [0.717, 1.165) is 29.1 Å². The van der Waals surface area contributed by atoms with Gasteiger partial charge in [0.2, 0.25) is 0 Å². The molecule has 0 spiro atoms. The number of nitrogens with zero attached hydrogens (tertiary/aromatic N) is 4. The van der Waals surface area contributed by atoms with E-state index in [2.05, 4.69) is 38.9 Å². The number of H-pyrrole nitrogens is 1. The average Bonchev–Trinajstić information content (AvgIpc) is 2.94. The van der Waals surface area contributed by atoms with Crippen molar-refractivity contribution in [2.24, 2.45) is 5.92 Å². The summed E-state index contributed by atoms with van der Waals surface area (Å²) in [7, 11) is 0. The number of aryl methyl sites for hydroxylation is 1. The van der Waals surface area contributed by atoms with Gasteiger partial charge < -0.3 is 4.90 Å². The SMILES string of the molecule is Cc1[nH]ncc1-c1cnc(CC2CCCN(C(C)C)C2)cn1. The van der Waals surface area contributed by atoms with E-state index in [1.807, 2.05) is 19.3 Å². The second-order valence-corrected chi connectivity index (χ2v) is 6.60. The smallest absolute Gasteiger partial charge is 0.0919 e. The summed E-state index contributed by atoms with van der Waals surface area (Å²) in [6, 6.07) is 0.639. The Kier molecular flexibility index (Phi) is 4.52. The molecule has 1 fully saturated rings. The lowest BCUT2D eigenvalue weighted by Crippen LogP contribution is -2.40. The Morgan fingerprint density at radius 2 is 2.14 bits per heavy atom. The molecule has 0 aliphatic carbocycles. The van der Waals surface area contributed by atoms with Gasteiger partial charge in [-0.25, -0.2) is 0 Å². The van der Waals surface area contributed by atoms with Crippen LogP contribution in [0.1, 0.15) is 38.1 Å². The second kappa shape index (κ2) is 6.57. The third-order valence-electron chi connectivity index (χ3n) is 4.59. The molecule has 118 valence electrons. The normalized spacial score (nSPS) is 19.7. The first-order chi connectivity index (χ1) is 10.6. The van der Waals surface area contributed by atoms with Gasteiger partial charge in [0.15, 0.2) is 0 Å². The van der Waals surface area contributed by atoms with Crippen molar-refractivity contribution in [3.05, 3.63) is 30.0 Å². The molecule has 1 aliphatic rings. The summed E-state index contributed by atoms with van der Waals surface area (Å²) < 4.78 is 0. The first-order valence-electron chi connectivity index (χ1n) is 8.19. The Hall–Kier alpha value is -1.75. The third-order valence-corrected chi connectivity index (χ3v) is 4.59. The molecular weight excluding hydrogens is 274 g/mol. The number of aromatic nitrogens is 4. The van der Waals surface area contributed by atoms with Crippen LogP contribution in [0.25, 0.3) is 11.3 Å². The van der Waals surface area contributed by atoms with Gasteiger partial charge in [0.25, 0.3) is 0 Å². The van der Waals surface area contributed by atoms with Crippen LogP contribution in [0, 0.1) is 12.8 Å². The molecule has 1 saturated heterocycles. The Morgan fingerprint density at radius 3 is 2.77 bits per heavy atom. The van der Waals surface area contributed by atoms with Crippen LogP contribution in [0.2, 0.25) is 0 Å². The molecule has 22 heavy (non-hydrogen) atoms. The summed E-state index contributed by atoms with van der Waals surface area (Å²) in [4.78, 5) is 11.8. The van der Waals surface area contributed by atoms with Crippen molar-refractivity contribution in [2.75, 3.05) is 13.1 Å². The van der Waals surface area contributed by atoms with Crippen LogP contribution in [-0.4, -0.2) is 44.2 Å². The van der Waals surface area contributed by atoms with E-state index in [4.69, 9.17) is 0 Å². The first-order valence-corrected chi connectivity index (χ1v) is 8.19. The van der Waals surface area contributed by atoms with E-state index >= 15 is 0 Å². The van der Waals surface area contributed by atoms with Crippen molar-refractivity contribution in [3.63, 3.8) is 0 Å². The molecule has 0 radical (unpaired) electrons. The molecular formula is C17H25N5. The van der Waals surface area contributed by atoms with Crippen molar-refractivity contribution in [2.45, 2.75) is 46.1 Å². The minimum Gasteiger partial charge on any atom is -0.301 e. The molecule has 5 nitrogen and oxygen atoms in total. The van der Waals surface area contributed by atoms with Crippen LogP contribution < -0.4 is 0 Å². The van der Waals surface area contributed by atoms with Gasteiger partial charge in [0.1, 0.15) is 0 Å². The summed E-state index contributed by atoms with van der Waals surface area (Å²) in [5.41, 5.74) is 4.05. The molecule has 0 amide bonds. The number of likely N-dealkylation sites (tertiary alicyclic amines) is 1. The highest BCUT2D eigenvalue weighted by Crippen LogP contribution is 2.22. The number of nitrogens with one attached hydrogen (secondary N) is 1. The highest BCUT2D eigenvalue weighted by molar-refractivity contribution is 5.59. The summed E-state index contributed by atoms with van der Waals surface area (Å²) in [6.45, 7) is 8.98. The van der Waals surface area contributed by atoms with Crippen LogP contribution in [0.3, 0.4) is 0 Å². The minimum atomic E-state index is 0.639. The van der Waals surface area contributed by atoms with Gasteiger partial charge in [0, 0.05) is 30.0 Å². The van der Waals surface area contributed by atoms with Crippen molar-refractivity contribution < 1.29 is 0 Å². The van der Waals surface area contributed by atoms with Gasteiger partial charge >= 0.3 is 0 Å². The summed E-state index contributed by atoms with van der Waals surface area (Å²) in [6.07, 6.45) is 9.23. The van der Waals surface area contributed by atoms with E-state index in [0.29, 0.717) is 12.0 Å². The molecule has 1 atom stereocenters.